The maximum Gasteiger partial charge on any atom is 0.199 e. The van der Waals surface area contributed by atoms with Gasteiger partial charge >= 0.3 is 0 Å². The fraction of sp³-hybridized carbons (Fsp3) is 0. The van der Waals surface area contributed by atoms with Crippen molar-refractivity contribution in [2.24, 2.45) is 0 Å². The van der Waals surface area contributed by atoms with Crippen LogP contribution in [0.3, 0.4) is 0 Å². The molecule has 0 amide bonds. The monoisotopic (exact) mass is 290 g/mol. The standard InChI is InChI=1S/C7H4Br2N2O/c8-3-1-5(9)11-4-2-10-7(12)6(3)4/h1-2,10,12H. The van der Waals surface area contributed by atoms with Gasteiger partial charge in [-0.05, 0) is 37.9 Å². The van der Waals surface area contributed by atoms with Gasteiger partial charge in [-0.3, -0.25) is 0 Å². The average molecular weight is 292 g/mol. The first-order valence-electron chi connectivity index (χ1n) is 3.20. The van der Waals surface area contributed by atoms with Crippen molar-refractivity contribution >= 4 is 42.8 Å². The lowest BCUT2D eigenvalue weighted by molar-refractivity contribution is 0.462. The van der Waals surface area contributed by atoms with Crippen LogP contribution in [0, 0.1) is 0 Å². The number of aromatic hydroxyl groups is 1. The maximum absolute atomic E-state index is 9.34. The van der Waals surface area contributed by atoms with Crippen molar-refractivity contribution in [3.63, 3.8) is 0 Å². The molecule has 0 aliphatic heterocycles. The van der Waals surface area contributed by atoms with Crippen molar-refractivity contribution in [3.05, 3.63) is 21.3 Å². The Labute approximate surface area is 85.1 Å². The third-order valence-corrected chi connectivity index (χ3v) is 2.58. The van der Waals surface area contributed by atoms with E-state index in [4.69, 9.17) is 0 Å². The van der Waals surface area contributed by atoms with E-state index in [0.717, 1.165) is 14.6 Å². The molecule has 0 bridgehead atoms. The summed E-state index contributed by atoms with van der Waals surface area (Å²) in [5, 5.41) is 10.0. The molecule has 2 N–H and O–H groups in total. The van der Waals surface area contributed by atoms with Crippen LogP contribution in [0.5, 0.6) is 5.88 Å². The molecule has 12 heavy (non-hydrogen) atoms. The molecule has 0 aliphatic carbocycles. The summed E-state index contributed by atoms with van der Waals surface area (Å²) < 4.78 is 1.55. The molecular formula is C7H4Br2N2O. The summed E-state index contributed by atoms with van der Waals surface area (Å²) in [7, 11) is 0. The Morgan fingerprint density at radius 1 is 1.42 bits per heavy atom. The first-order valence-corrected chi connectivity index (χ1v) is 4.79. The Morgan fingerprint density at radius 2 is 2.17 bits per heavy atom. The Bertz CT molecular complexity index is 438. The van der Waals surface area contributed by atoms with Gasteiger partial charge in [0.15, 0.2) is 5.88 Å². The predicted octanol–water partition coefficient (Wildman–Crippen LogP) is 2.79. The summed E-state index contributed by atoms with van der Waals surface area (Å²) in [6, 6.07) is 1.79. The molecule has 3 nitrogen and oxygen atoms in total. The minimum atomic E-state index is 0.136. The summed E-state index contributed by atoms with van der Waals surface area (Å²) in [4.78, 5) is 6.84. The van der Waals surface area contributed by atoms with Crippen LogP contribution in [0.2, 0.25) is 0 Å². The Morgan fingerprint density at radius 3 is 2.92 bits per heavy atom. The number of fused-ring (bicyclic) bond motifs is 1. The van der Waals surface area contributed by atoms with E-state index in [1.54, 1.807) is 12.3 Å². The molecule has 0 saturated carbocycles. The molecule has 2 rings (SSSR count). The van der Waals surface area contributed by atoms with Gasteiger partial charge in [-0.25, -0.2) is 4.98 Å². The highest BCUT2D eigenvalue weighted by molar-refractivity contribution is 9.11. The number of aromatic nitrogens is 2. The van der Waals surface area contributed by atoms with Gasteiger partial charge in [0.2, 0.25) is 0 Å². The topological polar surface area (TPSA) is 48.9 Å². The first-order chi connectivity index (χ1) is 5.68. The third kappa shape index (κ3) is 1.13. The number of nitrogens with zero attached hydrogens (tertiary/aromatic N) is 1. The van der Waals surface area contributed by atoms with Crippen molar-refractivity contribution in [2.75, 3.05) is 0 Å². The molecule has 0 unspecified atom stereocenters. The van der Waals surface area contributed by atoms with E-state index >= 15 is 0 Å². The van der Waals surface area contributed by atoms with Crippen LogP contribution in [0.4, 0.5) is 0 Å². The fourth-order valence-electron chi connectivity index (χ4n) is 1.05. The highest BCUT2D eigenvalue weighted by Gasteiger charge is 2.07. The van der Waals surface area contributed by atoms with E-state index in [-0.39, 0.29) is 5.88 Å². The van der Waals surface area contributed by atoms with Crippen molar-refractivity contribution in [1.82, 2.24) is 9.97 Å². The zero-order valence-corrected chi connectivity index (χ0v) is 8.98. The lowest BCUT2D eigenvalue weighted by Crippen LogP contribution is -1.76. The van der Waals surface area contributed by atoms with E-state index < -0.39 is 0 Å². The smallest absolute Gasteiger partial charge is 0.199 e. The van der Waals surface area contributed by atoms with Crippen molar-refractivity contribution in [1.29, 1.82) is 0 Å². The van der Waals surface area contributed by atoms with Gasteiger partial charge < -0.3 is 10.1 Å². The zero-order chi connectivity index (χ0) is 8.72. The molecule has 0 aromatic carbocycles. The lowest BCUT2D eigenvalue weighted by atomic mass is 10.3. The summed E-state index contributed by atoms with van der Waals surface area (Å²) in [5.41, 5.74) is 0.730. The van der Waals surface area contributed by atoms with Gasteiger partial charge in [0, 0.05) is 10.7 Å². The largest absolute Gasteiger partial charge is 0.494 e. The van der Waals surface area contributed by atoms with E-state index in [1.165, 1.54) is 0 Å². The van der Waals surface area contributed by atoms with Gasteiger partial charge in [0.25, 0.3) is 0 Å². The van der Waals surface area contributed by atoms with E-state index in [1.807, 2.05) is 0 Å². The summed E-state index contributed by atoms with van der Waals surface area (Å²) >= 11 is 6.58. The van der Waals surface area contributed by atoms with Gasteiger partial charge in [0.1, 0.15) is 4.60 Å². The molecule has 62 valence electrons. The molecule has 0 radical (unpaired) electrons. The van der Waals surface area contributed by atoms with Crippen LogP contribution in [0.15, 0.2) is 21.3 Å². The zero-order valence-electron chi connectivity index (χ0n) is 5.81. The van der Waals surface area contributed by atoms with Crippen molar-refractivity contribution in [2.45, 2.75) is 0 Å². The minimum absolute atomic E-state index is 0.136. The van der Waals surface area contributed by atoms with Crippen LogP contribution >= 0.6 is 31.9 Å². The second-order valence-electron chi connectivity index (χ2n) is 2.32. The van der Waals surface area contributed by atoms with E-state index in [2.05, 4.69) is 41.8 Å². The molecule has 5 heteroatoms. The van der Waals surface area contributed by atoms with Gasteiger partial charge in [0.05, 0.1) is 10.9 Å². The number of hydrogen-bond acceptors (Lipinski definition) is 2. The lowest BCUT2D eigenvalue weighted by Gasteiger charge is -1.95. The Hall–Kier alpha value is -0.550. The number of H-pyrrole nitrogens is 1. The average Bonchev–Trinajstić information content (AvgIpc) is 2.31. The van der Waals surface area contributed by atoms with E-state index in [0.29, 0.717) is 5.39 Å². The van der Waals surface area contributed by atoms with Crippen LogP contribution in [0.1, 0.15) is 0 Å². The van der Waals surface area contributed by atoms with Crippen molar-refractivity contribution in [3.8, 4) is 5.88 Å². The summed E-state index contributed by atoms with van der Waals surface area (Å²) in [6.45, 7) is 0. The quantitative estimate of drug-likeness (QED) is 0.733. The first kappa shape index (κ1) is 8.07. The van der Waals surface area contributed by atoms with Crippen LogP contribution in [0.25, 0.3) is 10.9 Å². The number of hydrogen-bond donors (Lipinski definition) is 2. The summed E-state index contributed by atoms with van der Waals surface area (Å²) in [5.74, 6) is 0.136. The second-order valence-corrected chi connectivity index (χ2v) is 3.99. The summed E-state index contributed by atoms with van der Waals surface area (Å²) in [6.07, 6.45) is 1.65. The van der Waals surface area contributed by atoms with Crippen LogP contribution in [-0.4, -0.2) is 15.1 Å². The number of aromatic amines is 1. The Balaban J connectivity index is 2.93. The molecule has 2 heterocycles. The maximum atomic E-state index is 9.34. The number of pyridine rings is 1. The van der Waals surface area contributed by atoms with Crippen molar-refractivity contribution < 1.29 is 5.11 Å². The van der Waals surface area contributed by atoms with E-state index in [9.17, 15) is 5.11 Å². The molecule has 0 saturated heterocycles. The highest BCUT2D eigenvalue weighted by Crippen LogP contribution is 2.31. The fourth-order valence-corrected chi connectivity index (χ4v) is 2.38. The molecule has 2 aromatic heterocycles. The normalized spacial score (nSPS) is 10.8. The number of rotatable bonds is 0. The molecule has 0 fully saturated rings. The molecule has 2 aromatic rings. The molecule has 0 aliphatic rings. The third-order valence-electron chi connectivity index (χ3n) is 1.55. The van der Waals surface area contributed by atoms with Crippen LogP contribution in [-0.2, 0) is 0 Å². The SMILES string of the molecule is Oc1[nH]cc2nc(Br)cc(Br)c12. The highest BCUT2D eigenvalue weighted by atomic mass is 79.9. The Kier molecular flexibility index (Phi) is 1.84. The number of halogens is 2. The van der Waals surface area contributed by atoms with Gasteiger partial charge in [-0.15, -0.1) is 0 Å². The van der Waals surface area contributed by atoms with Gasteiger partial charge in [-0.1, -0.05) is 0 Å². The molecule has 0 spiro atoms. The number of nitrogens with one attached hydrogen (secondary N) is 1. The second kappa shape index (κ2) is 2.74. The van der Waals surface area contributed by atoms with Gasteiger partial charge in [-0.2, -0.15) is 0 Å². The minimum Gasteiger partial charge on any atom is -0.494 e. The molecular weight excluding hydrogens is 288 g/mol. The molecule has 0 atom stereocenters. The van der Waals surface area contributed by atoms with Crippen LogP contribution < -0.4 is 0 Å². The predicted molar refractivity (Wildman–Crippen MR) is 53.2 cm³/mol.